The van der Waals surface area contributed by atoms with Crippen molar-refractivity contribution in [1.82, 2.24) is 0 Å². The van der Waals surface area contributed by atoms with E-state index >= 15 is 0 Å². The predicted octanol–water partition coefficient (Wildman–Crippen LogP) is 2.91. The number of halogens is 2. The molecular formula is C15H12F2N2O2. The Kier molecular flexibility index (Phi) is 3.43. The van der Waals surface area contributed by atoms with E-state index in [1.165, 1.54) is 12.1 Å². The number of hydrogen-bond acceptors (Lipinski definition) is 3. The maximum atomic E-state index is 13.5. The summed E-state index contributed by atoms with van der Waals surface area (Å²) in [4.78, 5) is 11.3. The first-order valence-corrected chi connectivity index (χ1v) is 6.36. The van der Waals surface area contributed by atoms with E-state index in [9.17, 15) is 13.6 Å². The predicted molar refractivity (Wildman–Crippen MR) is 74.3 cm³/mol. The van der Waals surface area contributed by atoms with Crippen molar-refractivity contribution in [3.63, 3.8) is 0 Å². The zero-order valence-corrected chi connectivity index (χ0v) is 11.0. The summed E-state index contributed by atoms with van der Waals surface area (Å²) in [6.07, 6.45) is 0. The van der Waals surface area contributed by atoms with Crippen molar-refractivity contribution in [3.8, 4) is 5.75 Å². The van der Waals surface area contributed by atoms with Crippen LogP contribution in [0.4, 0.5) is 20.2 Å². The maximum Gasteiger partial charge on any atom is 0.262 e. The molecule has 6 heteroatoms. The van der Waals surface area contributed by atoms with Gasteiger partial charge in [0.15, 0.2) is 6.61 Å². The van der Waals surface area contributed by atoms with Gasteiger partial charge in [-0.15, -0.1) is 0 Å². The standard InChI is InChI=1S/C15H12F2N2O2/c16-10-2-3-12(11(17)6-10)18-7-9-1-4-14-13(5-9)19-15(20)8-21-14/h1-6,18H,7-8H2,(H,19,20). The molecule has 4 nitrogen and oxygen atoms in total. The smallest absolute Gasteiger partial charge is 0.262 e. The number of fused-ring (bicyclic) bond motifs is 1. The molecule has 108 valence electrons. The lowest BCUT2D eigenvalue weighted by Crippen LogP contribution is -2.25. The van der Waals surface area contributed by atoms with Crippen LogP contribution >= 0.6 is 0 Å². The van der Waals surface area contributed by atoms with Crippen LogP contribution in [0, 0.1) is 11.6 Å². The first kappa shape index (κ1) is 13.4. The average molecular weight is 290 g/mol. The van der Waals surface area contributed by atoms with Gasteiger partial charge < -0.3 is 15.4 Å². The molecule has 2 N–H and O–H groups in total. The highest BCUT2D eigenvalue weighted by atomic mass is 19.1. The molecule has 0 aliphatic carbocycles. The highest BCUT2D eigenvalue weighted by molar-refractivity contribution is 5.95. The zero-order chi connectivity index (χ0) is 14.8. The van der Waals surface area contributed by atoms with Crippen LogP contribution in [0.25, 0.3) is 0 Å². The Balaban J connectivity index is 1.73. The van der Waals surface area contributed by atoms with Crippen molar-refractivity contribution in [2.75, 3.05) is 17.2 Å². The third-order valence-corrected chi connectivity index (χ3v) is 3.09. The molecule has 1 amide bonds. The van der Waals surface area contributed by atoms with Crippen molar-refractivity contribution in [3.05, 3.63) is 53.6 Å². The molecule has 1 aliphatic rings. The molecule has 1 aliphatic heterocycles. The van der Waals surface area contributed by atoms with Gasteiger partial charge in [0.2, 0.25) is 0 Å². The molecule has 2 aromatic carbocycles. The second-order valence-corrected chi connectivity index (χ2v) is 4.65. The van der Waals surface area contributed by atoms with Gasteiger partial charge in [-0.2, -0.15) is 0 Å². The third kappa shape index (κ3) is 2.94. The van der Waals surface area contributed by atoms with Crippen LogP contribution in [0.3, 0.4) is 0 Å². The van der Waals surface area contributed by atoms with Crippen molar-refractivity contribution < 1.29 is 18.3 Å². The van der Waals surface area contributed by atoms with Crippen LogP contribution in [0.15, 0.2) is 36.4 Å². The van der Waals surface area contributed by atoms with Crippen molar-refractivity contribution >= 4 is 17.3 Å². The minimum atomic E-state index is -0.649. The van der Waals surface area contributed by atoms with E-state index in [1.807, 2.05) is 6.07 Å². The van der Waals surface area contributed by atoms with Crippen LogP contribution in [0.1, 0.15) is 5.56 Å². The molecule has 0 bridgehead atoms. The molecule has 0 fully saturated rings. The molecule has 0 unspecified atom stereocenters. The Morgan fingerprint density at radius 2 is 2.05 bits per heavy atom. The number of carbonyl (C=O) groups is 1. The molecule has 0 radical (unpaired) electrons. The van der Waals surface area contributed by atoms with E-state index in [0.29, 0.717) is 18.0 Å². The van der Waals surface area contributed by atoms with E-state index in [-0.39, 0.29) is 18.2 Å². The molecule has 0 atom stereocenters. The number of nitrogens with one attached hydrogen (secondary N) is 2. The SMILES string of the molecule is O=C1COc2ccc(CNc3ccc(F)cc3F)cc2N1. The van der Waals surface area contributed by atoms with E-state index in [2.05, 4.69) is 10.6 Å². The normalized spacial score (nSPS) is 13.1. The second kappa shape index (κ2) is 5.40. The summed E-state index contributed by atoms with van der Waals surface area (Å²) < 4.78 is 31.6. The van der Waals surface area contributed by atoms with Gasteiger partial charge in [0.1, 0.15) is 17.4 Å². The molecule has 2 aromatic rings. The minimum absolute atomic E-state index is 0.00534. The quantitative estimate of drug-likeness (QED) is 0.914. The highest BCUT2D eigenvalue weighted by Gasteiger charge is 2.15. The zero-order valence-electron chi connectivity index (χ0n) is 11.0. The lowest BCUT2D eigenvalue weighted by molar-refractivity contribution is -0.118. The van der Waals surface area contributed by atoms with Crippen molar-refractivity contribution in [2.24, 2.45) is 0 Å². The van der Waals surface area contributed by atoms with Crippen LogP contribution < -0.4 is 15.4 Å². The summed E-state index contributed by atoms with van der Waals surface area (Å²) in [6, 6.07) is 8.65. The summed E-state index contributed by atoms with van der Waals surface area (Å²) in [7, 11) is 0. The number of benzene rings is 2. The molecule has 0 saturated heterocycles. The molecule has 3 rings (SSSR count). The number of hydrogen-bond donors (Lipinski definition) is 2. The lowest BCUT2D eigenvalue weighted by atomic mass is 10.1. The maximum absolute atomic E-state index is 13.5. The third-order valence-electron chi connectivity index (χ3n) is 3.09. The first-order valence-electron chi connectivity index (χ1n) is 6.36. The highest BCUT2D eigenvalue weighted by Crippen LogP contribution is 2.28. The fourth-order valence-electron chi connectivity index (χ4n) is 2.07. The molecular weight excluding hydrogens is 278 g/mol. The fraction of sp³-hybridized carbons (Fsp3) is 0.133. The Hall–Kier alpha value is -2.63. The molecule has 0 aromatic heterocycles. The van der Waals surface area contributed by atoms with E-state index in [1.54, 1.807) is 12.1 Å². The summed E-state index contributed by atoms with van der Waals surface area (Å²) in [5, 5.41) is 5.58. The van der Waals surface area contributed by atoms with Gasteiger partial charge >= 0.3 is 0 Å². The van der Waals surface area contributed by atoms with Crippen LogP contribution in [0.2, 0.25) is 0 Å². The van der Waals surface area contributed by atoms with Gasteiger partial charge in [0, 0.05) is 12.6 Å². The molecule has 21 heavy (non-hydrogen) atoms. The van der Waals surface area contributed by atoms with Gasteiger partial charge in [-0.25, -0.2) is 8.78 Å². The second-order valence-electron chi connectivity index (χ2n) is 4.65. The molecule has 1 heterocycles. The van der Waals surface area contributed by atoms with Gasteiger partial charge in [-0.3, -0.25) is 4.79 Å². The van der Waals surface area contributed by atoms with E-state index in [0.717, 1.165) is 11.6 Å². The average Bonchev–Trinajstić information content (AvgIpc) is 2.46. The molecule has 0 saturated carbocycles. The number of carbonyl (C=O) groups excluding carboxylic acids is 1. The van der Waals surface area contributed by atoms with E-state index in [4.69, 9.17) is 4.74 Å². The Morgan fingerprint density at radius 1 is 1.19 bits per heavy atom. The minimum Gasteiger partial charge on any atom is -0.482 e. The monoisotopic (exact) mass is 290 g/mol. The summed E-state index contributed by atoms with van der Waals surface area (Å²) in [6.45, 7) is 0.344. The summed E-state index contributed by atoms with van der Waals surface area (Å²) in [5.74, 6) is -0.875. The number of rotatable bonds is 3. The number of ether oxygens (including phenoxy) is 1. The van der Waals surface area contributed by atoms with Crippen molar-refractivity contribution in [2.45, 2.75) is 6.54 Å². The largest absolute Gasteiger partial charge is 0.482 e. The lowest BCUT2D eigenvalue weighted by Gasteiger charge is -2.18. The Labute approximate surface area is 119 Å². The van der Waals surface area contributed by atoms with Gasteiger partial charge in [-0.1, -0.05) is 6.07 Å². The Morgan fingerprint density at radius 3 is 2.86 bits per heavy atom. The van der Waals surface area contributed by atoms with Crippen molar-refractivity contribution in [1.29, 1.82) is 0 Å². The van der Waals surface area contributed by atoms with Crippen LogP contribution in [0.5, 0.6) is 5.75 Å². The number of anilines is 2. The summed E-state index contributed by atoms with van der Waals surface area (Å²) >= 11 is 0. The topological polar surface area (TPSA) is 50.4 Å². The summed E-state index contributed by atoms with van der Waals surface area (Å²) in [5.41, 5.74) is 1.64. The van der Waals surface area contributed by atoms with Gasteiger partial charge in [0.25, 0.3) is 5.91 Å². The Bertz CT molecular complexity index is 704. The van der Waals surface area contributed by atoms with E-state index < -0.39 is 11.6 Å². The molecule has 0 spiro atoms. The van der Waals surface area contributed by atoms with Gasteiger partial charge in [-0.05, 0) is 29.8 Å². The fourth-order valence-corrected chi connectivity index (χ4v) is 2.07. The first-order chi connectivity index (χ1) is 10.1. The number of amides is 1. The van der Waals surface area contributed by atoms with Crippen LogP contribution in [-0.2, 0) is 11.3 Å². The van der Waals surface area contributed by atoms with Gasteiger partial charge in [0.05, 0.1) is 11.4 Å². The van der Waals surface area contributed by atoms with Crippen LogP contribution in [-0.4, -0.2) is 12.5 Å².